The summed E-state index contributed by atoms with van der Waals surface area (Å²) in [7, 11) is 0. The summed E-state index contributed by atoms with van der Waals surface area (Å²) in [6.07, 6.45) is 2.06. The number of hydrogen-bond donors (Lipinski definition) is 1. The minimum atomic E-state index is 0.306. The van der Waals surface area contributed by atoms with Crippen LogP contribution in [0.3, 0.4) is 0 Å². The molecule has 0 aliphatic heterocycles. The van der Waals surface area contributed by atoms with Gasteiger partial charge in [0.1, 0.15) is 0 Å². The maximum Gasteiger partial charge on any atom is 0.0552 e. The summed E-state index contributed by atoms with van der Waals surface area (Å²) in [5.74, 6) is 1.28. The number of thioether (sulfide) groups is 1. The quantitative estimate of drug-likeness (QED) is 0.682. The summed E-state index contributed by atoms with van der Waals surface area (Å²) >= 11 is 1.76. The zero-order valence-corrected chi connectivity index (χ0v) is 8.11. The highest BCUT2D eigenvalue weighted by Crippen LogP contribution is 2.22. The van der Waals surface area contributed by atoms with E-state index >= 15 is 0 Å². The fourth-order valence-corrected chi connectivity index (χ4v) is 1.78. The molecule has 0 radical (unpaired) electrons. The molecule has 62 valence electrons. The van der Waals surface area contributed by atoms with Gasteiger partial charge in [-0.15, -0.1) is 0 Å². The summed E-state index contributed by atoms with van der Waals surface area (Å²) in [5, 5.41) is 9.34. The fraction of sp³-hybridized carbons (Fsp3) is 1.00. The lowest BCUT2D eigenvalue weighted by atomic mass is 9.95. The van der Waals surface area contributed by atoms with Crippen molar-refractivity contribution in [2.45, 2.75) is 26.0 Å². The van der Waals surface area contributed by atoms with Gasteiger partial charge in [-0.05, 0) is 18.1 Å². The minimum absolute atomic E-state index is 0.306. The largest absolute Gasteiger partial charge is 0.395 e. The Morgan fingerprint density at radius 2 is 1.80 bits per heavy atom. The Labute approximate surface area is 68.2 Å². The maximum absolute atomic E-state index is 8.92. The maximum atomic E-state index is 8.92. The molecule has 0 saturated carbocycles. The number of aliphatic hydroxyl groups is 1. The lowest BCUT2D eigenvalue weighted by Crippen LogP contribution is -2.22. The van der Waals surface area contributed by atoms with Crippen molar-refractivity contribution in [3.8, 4) is 0 Å². The molecule has 1 N–H and O–H groups in total. The van der Waals surface area contributed by atoms with E-state index in [1.54, 1.807) is 11.8 Å². The van der Waals surface area contributed by atoms with Crippen LogP contribution < -0.4 is 0 Å². The molecule has 2 unspecified atom stereocenters. The molecule has 0 fully saturated rings. The Bertz CT molecular complexity index is 79.3. The van der Waals surface area contributed by atoms with E-state index in [2.05, 4.69) is 27.0 Å². The molecule has 0 bridgehead atoms. The van der Waals surface area contributed by atoms with Gasteiger partial charge in [0.2, 0.25) is 0 Å². The second kappa shape index (κ2) is 5.03. The molecule has 0 aromatic heterocycles. The summed E-state index contributed by atoms with van der Waals surface area (Å²) in [6.45, 7) is 6.90. The highest BCUT2D eigenvalue weighted by Gasteiger charge is 2.17. The van der Waals surface area contributed by atoms with Crippen molar-refractivity contribution in [2.24, 2.45) is 11.8 Å². The second-order valence-electron chi connectivity index (χ2n) is 3.06. The predicted octanol–water partition coefficient (Wildman–Crippen LogP) is 2.00. The van der Waals surface area contributed by atoms with E-state index in [0.717, 1.165) is 0 Å². The average molecular weight is 162 g/mol. The molecule has 0 rings (SSSR count). The Morgan fingerprint density at radius 1 is 1.30 bits per heavy atom. The van der Waals surface area contributed by atoms with Gasteiger partial charge in [0.15, 0.2) is 0 Å². The predicted molar refractivity (Wildman–Crippen MR) is 48.4 cm³/mol. The molecule has 0 heterocycles. The van der Waals surface area contributed by atoms with Gasteiger partial charge < -0.3 is 5.11 Å². The third-order valence-corrected chi connectivity index (χ3v) is 3.30. The van der Waals surface area contributed by atoms with Crippen molar-refractivity contribution in [3.63, 3.8) is 0 Å². The van der Waals surface area contributed by atoms with Crippen LogP contribution in [-0.4, -0.2) is 23.2 Å². The molecule has 1 nitrogen and oxygen atoms in total. The van der Waals surface area contributed by atoms with Gasteiger partial charge in [-0.2, -0.15) is 11.8 Å². The van der Waals surface area contributed by atoms with E-state index in [9.17, 15) is 0 Å². The van der Waals surface area contributed by atoms with Crippen LogP contribution in [0.4, 0.5) is 0 Å². The highest BCUT2D eigenvalue weighted by atomic mass is 32.2. The normalized spacial score (nSPS) is 17.4. The Balaban J connectivity index is 3.76. The minimum Gasteiger partial charge on any atom is -0.395 e. The van der Waals surface area contributed by atoms with E-state index in [1.807, 2.05) is 0 Å². The van der Waals surface area contributed by atoms with E-state index in [-0.39, 0.29) is 0 Å². The van der Waals surface area contributed by atoms with Gasteiger partial charge in [0.05, 0.1) is 6.61 Å². The molecule has 0 aliphatic carbocycles. The van der Waals surface area contributed by atoms with E-state index in [0.29, 0.717) is 23.7 Å². The molecule has 2 heteroatoms. The van der Waals surface area contributed by atoms with Crippen LogP contribution in [0.25, 0.3) is 0 Å². The molecule has 0 aromatic rings. The molecule has 0 amide bonds. The molecule has 0 aromatic carbocycles. The Kier molecular flexibility index (Phi) is 5.18. The summed E-state index contributed by atoms with van der Waals surface area (Å²) < 4.78 is 0. The van der Waals surface area contributed by atoms with Crippen molar-refractivity contribution in [1.82, 2.24) is 0 Å². The lowest BCUT2D eigenvalue weighted by molar-refractivity contribution is 0.249. The number of rotatable bonds is 4. The first-order valence-electron chi connectivity index (χ1n) is 3.77. The van der Waals surface area contributed by atoms with Crippen molar-refractivity contribution >= 4 is 11.8 Å². The standard InChI is InChI=1S/C8H18OS/c1-6(2)7(3)8(5-9)10-4/h6-9H,5H2,1-4H3. The van der Waals surface area contributed by atoms with Gasteiger partial charge in [-0.25, -0.2) is 0 Å². The second-order valence-corrected chi connectivity index (χ2v) is 4.14. The first-order chi connectivity index (χ1) is 4.63. The van der Waals surface area contributed by atoms with E-state index in [1.165, 1.54) is 0 Å². The topological polar surface area (TPSA) is 20.2 Å². The van der Waals surface area contributed by atoms with Crippen molar-refractivity contribution in [2.75, 3.05) is 12.9 Å². The summed E-state index contributed by atoms with van der Waals surface area (Å²) in [6, 6.07) is 0. The van der Waals surface area contributed by atoms with Crippen LogP contribution in [-0.2, 0) is 0 Å². The zero-order chi connectivity index (χ0) is 8.15. The Morgan fingerprint density at radius 3 is 1.90 bits per heavy atom. The van der Waals surface area contributed by atoms with Crippen molar-refractivity contribution < 1.29 is 5.11 Å². The van der Waals surface area contributed by atoms with Crippen LogP contribution >= 0.6 is 11.8 Å². The SMILES string of the molecule is CSC(CO)C(C)C(C)C. The molecule has 10 heavy (non-hydrogen) atoms. The van der Waals surface area contributed by atoms with Crippen LogP contribution in [0, 0.1) is 11.8 Å². The lowest BCUT2D eigenvalue weighted by Gasteiger charge is -2.23. The summed E-state index contributed by atoms with van der Waals surface area (Å²) in [5.41, 5.74) is 0. The smallest absolute Gasteiger partial charge is 0.0552 e. The van der Waals surface area contributed by atoms with Gasteiger partial charge >= 0.3 is 0 Å². The summed E-state index contributed by atoms with van der Waals surface area (Å²) in [4.78, 5) is 0. The molecule has 0 aliphatic rings. The third kappa shape index (κ3) is 2.93. The zero-order valence-electron chi connectivity index (χ0n) is 7.29. The monoisotopic (exact) mass is 162 g/mol. The highest BCUT2D eigenvalue weighted by molar-refractivity contribution is 7.99. The fourth-order valence-electron chi connectivity index (χ4n) is 0.885. The first kappa shape index (κ1) is 10.3. The van der Waals surface area contributed by atoms with Crippen molar-refractivity contribution in [3.05, 3.63) is 0 Å². The first-order valence-corrected chi connectivity index (χ1v) is 5.06. The molecule has 0 spiro atoms. The average Bonchev–Trinajstić information content (AvgIpc) is 1.90. The van der Waals surface area contributed by atoms with Gasteiger partial charge in [0.25, 0.3) is 0 Å². The van der Waals surface area contributed by atoms with Crippen molar-refractivity contribution in [1.29, 1.82) is 0 Å². The number of aliphatic hydroxyl groups excluding tert-OH is 1. The van der Waals surface area contributed by atoms with Crippen LogP contribution in [0.5, 0.6) is 0 Å². The van der Waals surface area contributed by atoms with E-state index < -0.39 is 0 Å². The molecule has 2 atom stereocenters. The van der Waals surface area contributed by atoms with Gasteiger partial charge in [0, 0.05) is 5.25 Å². The molecular weight excluding hydrogens is 144 g/mol. The molecular formula is C8H18OS. The van der Waals surface area contributed by atoms with Gasteiger partial charge in [-0.1, -0.05) is 20.8 Å². The van der Waals surface area contributed by atoms with E-state index in [4.69, 9.17) is 5.11 Å². The Hall–Kier alpha value is 0.310. The van der Waals surface area contributed by atoms with Crippen LogP contribution in [0.15, 0.2) is 0 Å². The van der Waals surface area contributed by atoms with Crippen LogP contribution in [0.2, 0.25) is 0 Å². The van der Waals surface area contributed by atoms with Crippen LogP contribution in [0.1, 0.15) is 20.8 Å². The number of hydrogen-bond acceptors (Lipinski definition) is 2. The third-order valence-electron chi connectivity index (χ3n) is 2.12. The van der Waals surface area contributed by atoms with Gasteiger partial charge in [-0.3, -0.25) is 0 Å². The molecule has 0 saturated heterocycles.